The van der Waals surface area contributed by atoms with Gasteiger partial charge in [-0.05, 0) is 25.2 Å². The summed E-state index contributed by atoms with van der Waals surface area (Å²) >= 11 is 0. The third kappa shape index (κ3) is 3.19. The van der Waals surface area contributed by atoms with Crippen LogP contribution in [0, 0.1) is 11.8 Å². The number of hydrogen-bond donors (Lipinski definition) is 1. The van der Waals surface area contributed by atoms with E-state index >= 15 is 0 Å². The van der Waals surface area contributed by atoms with Gasteiger partial charge in [-0.25, -0.2) is 0 Å². The van der Waals surface area contributed by atoms with Crippen LogP contribution in [-0.2, 0) is 9.53 Å². The molecule has 1 aliphatic heterocycles. The summed E-state index contributed by atoms with van der Waals surface area (Å²) in [5.41, 5.74) is 0. The first-order valence-corrected chi connectivity index (χ1v) is 6.14. The van der Waals surface area contributed by atoms with Crippen molar-refractivity contribution in [3.8, 4) is 0 Å². The van der Waals surface area contributed by atoms with Gasteiger partial charge in [-0.15, -0.1) is 0 Å². The van der Waals surface area contributed by atoms with E-state index < -0.39 is 5.97 Å². The van der Waals surface area contributed by atoms with Crippen molar-refractivity contribution in [2.75, 3.05) is 26.3 Å². The van der Waals surface area contributed by atoms with Crippen molar-refractivity contribution in [1.29, 1.82) is 0 Å². The van der Waals surface area contributed by atoms with Crippen molar-refractivity contribution in [3.63, 3.8) is 0 Å². The average Bonchev–Trinajstić information content (AvgIpc) is 2.57. The number of carboxylic acids is 1. The van der Waals surface area contributed by atoms with Crippen LogP contribution >= 0.6 is 0 Å². The van der Waals surface area contributed by atoms with E-state index in [2.05, 4.69) is 11.8 Å². The van der Waals surface area contributed by atoms with Crippen LogP contribution in [0.4, 0.5) is 0 Å². The molecule has 4 heteroatoms. The largest absolute Gasteiger partial charge is 0.480 e. The number of carboxylic acid groups (broad SMARTS) is 1. The summed E-state index contributed by atoms with van der Waals surface area (Å²) in [7, 11) is 0. The number of ether oxygens (including phenoxy) is 1. The third-order valence-electron chi connectivity index (χ3n) is 3.44. The molecular formula is C12H23NO3. The molecule has 0 spiro atoms. The lowest BCUT2D eigenvalue weighted by Crippen LogP contribution is -2.39. The highest BCUT2D eigenvalue weighted by atomic mass is 16.5. The third-order valence-corrected chi connectivity index (χ3v) is 3.44. The molecule has 3 unspecified atom stereocenters. The minimum atomic E-state index is -0.702. The molecule has 0 radical (unpaired) electrons. The number of likely N-dealkylation sites (tertiary alicyclic amines) is 1. The Kier molecular flexibility index (Phi) is 5.22. The quantitative estimate of drug-likeness (QED) is 0.749. The van der Waals surface area contributed by atoms with Crippen molar-refractivity contribution in [2.24, 2.45) is 11.8 Å². The molecule has 1 rings (SSSR count). The topological polar surface area (TPSA) is 49.8 Å². The summed E-state index contributed by atoms with van der Waals surface area (Å²) in [6.45, 7) is 9.32. The van der Waals surface area contributed by atoms with Gasteiger partial charge in [0.2, 0.25) is 0 Å². The Morgan fingerprint density at radius 2 is 2.19 bits per heavy atom. The zero-order valence-corrected chi connectivity index (χ0v) is 10.5. The van der Waals surface area contributed by atoms with E-state index in [9.17, 15) is 4.79 Å². The van der Waals surface area contributed by atoms with Crippen LogP contribution in [0.5, 0.6) is 0 Å². The molecule has 0 aromatic carbocycles. The fourth-order valence-corrected chi connectivity index (χ4v) is 2.40. The van der Waals surface area contributed by atoms with Crippen molar-refractivity contribution in [3.05, 3.63) is 0 Å². The first-order chi connectivity index (χ1) is 7.60. The number of aliphatic carboxylic acids is 1. The number of nitrogens with zero attached hydrogens (tertiary/aromatic N) is 1. The van der Waals surface area contributed by atoms with Gasteiger partial charge in [0.05, 0.1) is 6.61 Å². The molecule has 3 atom stereocenters. The van der Waals surface area contributed by atoms with Gasteiger partial charge in [0.25, 0.3) is 0 Å². The van der Waals surface area contributed by atoms with E-state index in [0.717, 1.165) is 26.3 Å². The van der Waals surface area contributed by atoms with Crippen molar-refractivity contribution >= 4 is 5.97 Å². The van der Waals surface area contributed by atoms with Crippen LogP contribution in [0.15, 0.2) is 0 Å². The Hall–Kier alpha value is -0.610. The second-order valence-corrected chi connectivity index (χ2v) is 4.61. The van der Waals surface area contributed by atoms with Gasteiger partial charge in [0.1, 0.15) is 6.04 Å². The fourth-order valence-electron chi connectivity index (χ4n) is 2.40. The smallest absolute Gasteiger partial charge is 0.320 e. The van der Waals surface area contributed by atoms with Gasteiger partial charge >= 0.3 is 5.97 Å². The Balaban J connectivity index is 2.50. The second kappa shape index (κ2) is 6.21. The highest BCUT2D eigenvalue weighted by Gasteiger charge is 2.35. The summed E-state index contributed by atoms with van der Waals surface area (Å²) in [6, 6.07) is -0.325. The predicted molar refractivity (Wildman–Crippen MR) is 62.4 cm³/mol. The molecule has 1 N–H and O–H groups in total. The first-order valence-electron chi connectivity index (χ1n) is 6.14. The maximum Gasteiger partial charge on any atom is 0.320 e. The lowest BCUT2D eigenvalue weighted by Gasteiger charge is -2.22. The molecule has 0 aromatic heterocycles. The summed E-state index contributed by atoms with van der Waals surface area (Å²) < 4.78 is 5.44. The van der Waals surface area contributed by atoms with Crippen LogP contribution in [0.2, 0.25) is 0 Å². The van der Waals surface area contributed by atoms with Crippen LogP contribution < -0.4 is 0 Å². The number of hydrogen-bond acceptors (Lipinski definition) is 3. The summed E-state index contributed by atoms with van der Waals surface area (Å²) in [5.74, 6) is 0.306. The molecule has 0 saturated carbocycles. The Bertz CT molecular complexity index is 232. The molecule has 0 aliphatic carbocycles. The molecule has 1 saturated heterocycles. The molecule has 0 amide bonds. The average molecular weight is 229 g/mol. The van der Waals surface area contributed by atoms with E-state index in [1.807, 2.05) is 13.8 Å². The van der Waals surface area contributed by atoms with Crippen LogP contribution in [0.25, 0.3) is 0 Å². The SMILES string of the molecule is CCOCC1CN(C(CC)C(=O)O)CC1C. The zero-order valence-electron chi connectivity index (χ0n) is 10.5. The van der Waals surface area contributed by atoms with Gasteiger partial charge in [0, 0.05) is 19.7 Å². The van der Waals surface area contributed by atoms with Gasteiger partial charge < -0.3 is 9.84 Å². The second-order valence-electron chi connectivity index (χ2n) is 4.61. The molecule has 94 valence electrons. The number of rotatable bonds is 6. The molecule has 1 fully saturated rings. The first kappa shape index (κ1) is 13.5. The minimum Gasteiger partial charge on any atom is -0.480 e. The lowest BCUT2D eigenvalue weighted by molar-refractivity contribution is -0.143. The highest BCUT2D eigenvalue weighted by Crippen LogP contribution is 2.25. The standard InChI is InChI=1S/C12H23NO3/c1-4-11(12(14)15)13-6-9(3)10(7-13)8-16-5-2/h9-11H,4-8H2,1-3H3,(H,14,15). The zero-order chi connectivity index (χ0) is 12.1. The van der Waals surface area contributed by atoms with E-state index in [1.165, 1.54) is 0 Å². The summed E-state index contributed by atoms with van der Waals surface area (Å²) in [5, 5.41) is 9.11. The molecule has 0 aromatic rings. The molecule has 16 heavy (non-hydrogen) atoms. The lowest BCUT2D eigenvalue weighted by atomic mass is 9.99. The van der Waals surface area contributed by atoms with Gasteiger partial charge in [-0.2, -0.15) is 0 Å². The molecule has 1 heterocycles. The van der Waals surface area contributed by atoms with Crippen LogP contribution in [0.1, 0.15) is 27.2 Å². The van der Waals surface area contributed by atoms with E-state index in [0.29, 0.717) is 18.3 Å². The predicted octanol–water partition coefficient (Wildman–Crippen LogP) is 1.45. The van der Waals surface area contributed by atoms with Gasteiger partial charge in [0.15, 0.2) is 0 Å². The van der Waals surface area contributed by atoms with Crippen molar-refractivity contribution in [2.45, 2.75) is 33.2 Å². The van der Waals surface area contributed by atoms with Gasteiger partial charge in [-0.1, -0.05) is 13.8 Å². The highest BCUT2D eigenvalue weighted by molar-refractivity contribution is 5.73. The molecule has 0 bridgehead atoms. The Morgan fingerprint density at radius 1 is 1.50 bits per heavy atom. The van der Waals surface area contributed by atoms with Gasteiger partial charge in [-0.3, -0.25) is 9.69 Å². The van der Waals surface area contributed by atoms with Crippen molar-refractivity contribution in [1.82, 2.24) is 4.90 Å². The van der Waals surface area contributed by atoms with Crippen molar-refractivity contribution < 1.29 is 14.6 Å². The maximum atomic E-state index is 11.1. The monoisotopic (exact) mass is 229 g/mol. The molecule has 1 aliphatic rings. The van der Waals surface area contributed by atoms with E-state index in [-0.39, 0.29) is 6.04 Å². The molecular weight excluding hydrogens is 206 g/mol. The normalized spacial score (nSPS) is 28.2. The fraction of sp³-hybridized carbons (Fsp3) is 0.917. The summed E-state index contributed by atoms with van der Waals surface area (Å²) in [4.78, 5) is 13.2. The summed E-state index contributed by atoms with van der Waals surface area (Å²) in [6.07, 6.45) is 0.670. The Morgan fingerprint density at radius 3 is 2.69 bits per heavy atom. The minimum absolute atomic E-state index is 0.325. The maximum absolute atomic E-state index is 11.1. The van der Waals surface area contributed by atoms with E-state index in [4.69, 9.17) is 9.84 Å². The van der Waals surface area contributed by atoms with E-state index in [1.54, 1.807) is 0 Å². The molecule has 4 nitrogen and oxygen atoms in total. The van der Waals surface area contributed by atoms with Crippen LogP contribution in [-0.4, -0.2) is 48.3 Å². The number of carbonyl (C=O) groups is 1. The Labute approximate surface area is 97.6 Å². The van der Waals surface area contributed by atoms with Crippen LogP contribution in [0.3, 0.4) is 0 Å².